The van der Waals surface area contributed by atoms with Crippen LogP contribution in [0.2, 0.25) is 0 Å². The third kappa shape index (κ3) is 2.39. The fourth-order valence-corrected chi connectivity index (χ4v) is 3.01. The second-order valence-corrected chi connectivity index (χ2v) is 5.80. The molecule has 1 unspecified atom stereocenters. The van der Waals surface area contributed by atoms with Crippen molar-refractivity contribution in [2.75, 3.05) is 7.11 Å². The Morgan fingerprint density at radius 2 is 2.00 bits per heavy atom. The maximum atomic E-state index is 13.0. The van der Waals surface area contributed by atoms with Crippen LogP contribution in [0.3, 0.4) is 0 Å². The summed E-state index contributed by atoms with van der Waals surface area (Å²) in [6, 6.07) is 5.76. The third-order valence-electron chi connectivity index (χ3n) is 4.41. The quantitative estimate of drug-likeness (QED) is 0.920. The van der Waals surface area contributed by atoms with Crippen LogP contribution >= 0.6 is 0 Å². The Bertz CT molecular complexity index is 508. The largest absolute Gasteiger partial charge is 0.497 e. The highest BCUT2D eigenvalue weighted by Crippen LogP contribution is 2.49. The van der Waals surface area contributed by atoms with Gasteiger partial charge in [-0.3, -0.25) is 0 Å². The van der Waals surface area contributed by atoms with E-state index in [1.165, 1.54) is 5.56 Å². The van der Waals surface area contributed by atoms with Crippen LogP contribution in [-0.2, 0) is 12.8 Å². The molecule has 2 nitrogen and oxygen atoms in total. The van der Waals surface area contributed by atoms with E-state index in [2.05, 4.69) is 5.32 Å². The molecule has 110 valence electrons. The van der Waals surface area contributed by atoms with Gasteiger partial charge in [-0.2, -0.15) is 13.2 Å². The molecular formula is C15H18F3NO. The number of benzene rings is 1. The highest BCUT2D eigenvalue weighted by atomic mass is 19.4. The predicted molar refractivity (Wildman–Crippen MR) is 70.0 cm³/mol. The monoisotopic (exact) mass is 285 g/mol. The lowest BCUT2D eigenvalue weighted by Crippen LogP contribution is -2.51. The maximum absolute atomic E-state index is 13.0. The molecule has 2 aliphatic rings. The van der Waals surface area contributed by atoms with E-state index in [-0.39, 0.29) is 18.9 Å². The Kier molecular flexibility index (Phi) is 3.20. The number of methoxy groups -OCH3 is 1. The molecule has 1 aromatic rings. The van der Waals surface area contributed by atoms with Crippen molar-refractivity contribution in [1.29, 1.82) is 0 Å². The van der Waals surface area contributed by atoms with Gasteiger partial charge in [0.05, 0.1) is 7.11 Å². The summed E-state index contributed by atoms with van der Waals surface area (Å²) in [6.45, 7) is 0. The number of alkyl halides is 3. The first kappa shape index (κ1) is 13.7. The second-order valence-electron chi connectivity index (χ2n) is 5.80. The highest BCUT2D eigenvalue weighted by Gasteiger charge is 2.63. The van der Waals surface area contributed by atoms with E-state index in [0.29, 0.717) is 6.42 Å². The van der Waals surface area contributed by atoms with Gasteiger partial charge in [0, 0.05) is 6.04 Å². The first-order chi connectivity index (χ1) is 9.43. The smallest absolute Gasteiger partial charge is 0.406 e. The third-order valence-corrected chi connectivity index (χ3v) is 4.41. The van der Waals surface area contributed by atoms with Crippen LogP contribution < -0.4 is 10.1 Å². The number of rotatable bonds is 3. The molecule has 1 atom stereocenters. The molecule has 1 fully saturated rings. The minimum atomic E-state index is -4.14. The van der Waals surface area contributed by atoms with Gasteiger partial charge in [-0.05, 0) is 55.4 Å². The van der Waals surface area contributed by atoms with Crippen LogP contribution in [0, 0.1) is 0 Å². The van der Waals surface area contributed by atoms with Crippen LogP contribution in [0.25, 0.3) is 0 Å². The summed E-state index contributed by atoms with van der Waals surface area (Å²) in [5.74, 6) is 0.765. The number of halogens is 3. The molecule has 0 saturated heterocycles. The van der Waals surface area contributed by atoms with Crippen molar-refractivity contribution >= 4 is 0 Å². The van der Waals surface area contributed by atoms with Crippen molar-refractivity contribution in [3.63, 3.8) is 0 Å². The van der Waals surface area contributed by atoms with Crippen LogP contribution in [0.15, 0.2) is 18.2 Å². The predicted octanol–water partition coefficient (Wildman–Crippen LogP) is 3.24. The molecular weight excluding hydrogens is 267 g/mol. The van der Waals surface area contributed by atoms with Gasteiger partial charge in [0.15, 0.2) is 0 Å². The summed E-state index contributed by atoms with van der Waals surface area (Å²) in [4.78, 5) is 0. The Hall–Kier alpha value is -1.23. The number of aryl methyl sites for hydroxylation is 1. The van der Waals surface area contributed by atoms with E-state index < -0.39 is 11.7 Å². The standard InChI is InChI=1S/C15H18F3NO/c1-20-13-5-3-10-2-4-12(8-11(10)9-13)19-14(6-7-14)15(16,17)18/h3,5,9,12,19H,2,4,6-8H2,1H3. The molecule has 3 rings (SSSR count). The molecule has 0 amide bonds. The van der Waals surface area contributed by atoms with Crippen molar-refractivity contribution in [3.8, 4) is 5.75 Å². The molecule has 1 aromatic carbocycles. The minimum Gasteiger partial charge on any atom is -0.497 e. The molecule has 5 heteroatoms. The van der Waals surface area contributed by atoms with Crippen molar-refractivity contribution in [2.24, 2.45) is 0 Å². The molecule has 0 spiro atoms. The van der Waals surface area contributed by atoms with Gasteiger partial charge in [-0.1, -0.05) is 6.07 Å². The molecule has 0 aromatic heterocycles. The average Bonchev–Trinajstić information content (AvgIpc) is 3.18. The minimum absolute atomic E-state index is 0.0984. The van der Waals surface area contributed by atoms with Gasteiger partial charge in [-0.25, -0.2) is 0 Å². The van der Waals surface area contributed by atoms with Gasteiger partial charge >= 0.3 is 6.18 Å². The lowest BCUT2D eigenvalue weighted by Gasteiger charge is -2.31. The van der Waals surface area contributed by atoms with E-state index >= 15 is 0 Å². The Morgan fingerprint density at radius 3 is 2.60 bits per heavy atom. The Morgan fingerprint density at radius 1 is 1.25 bits per heavy atom. The first-order valence-electron chi connectivity index (χ1n) is 6.94. The molecule has 20 heavy (non-hydrogen) atoms. The highest BCUT2D eigenvalue weighted by molar-refractivity contribution is 5.38. The zero-order valence-corrected chi connectivity index (χ0v) is 11.4. The van der Waals surface area contributed by atoms with Gasteiger partial charge in [-0.15, -0.1) is 0 Å². The fourth-order valence-electron chi connectivity index (χ4n) is 3.01. The Balaban J connectivity index is 1.72. The lowest BCUT2D eigenvalue weighted by atomic mass is 9.87. The van der Waals surface area contributed by atoms with Crippen LogP contribution in [0.1, 0.15) is 30.4 Å². The van der Waals surface area contributed by atoms with E-state index in [0.717, 1.165) is 24.2 Å². The van der Waals surface area contributed by atoms with E-state index in [4.69, 9.17) is 4.74 Å². The number of hydrogen-bond acceptors (Lipinski definition) is 2. The molecule has 2 aliphatic carbocycles. The molecule has 0 bridgehead atoms. The summed E-state index contributed by atoms with van der Waals surface area (Å²) in [6.07, 6.45) is -1.50. The molecule has 0 heterocycles. The van der Waals surface area contributed by atoms with E-state index in [1.807, 2.05) is 18.2 Å². The lowest BCUT2D eigenvalue weighted by molar-refractivity contribution is -0.168. The van der Waals surface area contributed by atoms with Crippen molar-refractivity contribution in [2.45, 2.75) is 49.9 Å². The molecule has 1 N–H and O–H groups in total. The molecule has 0 aliphatic heterocycles. The maximum Gasteiger partial charge on any atom is 0.406 e. The van der Waals surface area contributed by atoms with Crippen LogP contribution in [-0.4, -0.2) is 24.9 Å². The summed E-state index contributed by atoms with van der Waals surface area (Å²) < 4.78 is 44.1. The molecule has 0 radical (unpaired) electrons. The van der Waals surface area contributed by atoms with Crippen LogP contribution in [0.4, 0.5) is 13.2 Å². The normalized spacial score (nSPS) is 24.1. The summed E-state index contributed by atoms with van der Waals surface area (Å²) in [5.41, 5.74) is 0.709. The number of ether oxygens (including phenoxy) is 1. The number of nitrogens with one attached hydrogen (secondary N) is 1. The summed E-state index contributed by atoms with van der Waals surface area (Å²) in [5, 5.41) is 2.86. The number of hydrogen-bond donors (Lipinski definition) is 1. The average molecular weight is 285 g/mol. The van der Waals surface area contributed by atoms with Gasteiger partial charge in [0.25, 0.3) is 0 Å². The second kappa shape index (κ2) is 4.65. The van der Waals surface area contributed by atoms with Gasteiger partial charge < -0.3 is 10.1 Å². The van der Waals surface area contributed by atoms with Gasteiger partial charge in [0.2, 0.25) is 0 Å². The van der Waals surface area contributed by atoms with E-state index in [9.17, 15) is 13.2 Å². The van der Waals surface area contributed by atoms with Crippen molar-refractivity contribution < 1.29 is 17.9 Å². The fraction of sp³-hybridized carbons (Fsp3) is 0.600. The number of fused-ring (bicyclic) bond motifs is 1. The Labute approximate surface area is 116 Å². The summed E-state index contributed by atoms with van der Waals surface area (Å²) in [7, 11) is 1.60. The van der Waals surface area contributed by atoms with Gasteiger partial charge in [0.1, 0.15) is 11.3 Å². The molecule has 1 saturated carbocycles. The van der Waals surface area contributed by atoms with Crippen LogP contribution in [0.5, 0.6) is 5.75 Å². The van der Waals surface area contributed by atoms with Crippen molar-refractivity contribution in [1.82, 2.24) is 5.32 Å². The summed E-state index contributed by atoms with van der Waals surface area (Å²) >= 11 is 0. The topological polar surface area (TPSA) is 21.3 Å². The van der Waals surface area contributed by atoms with E-state index in [1.54, 1.807) is 7.11 Å². The van der Waals surface area contributed by atoms with Crippen molar-refractivity contribution in [3.05, 3.63) is 29.3 Å². The zero-order valence-electron chi connectivity index (χ0n) is 11.4. The first-order valence-corrected chi connectivity index (χ1v) is 6.94. The zero-order chi connectivity index (χ0) is 14.4. The SMILES string of the molecule is COc1ccc2c(c1)CC(NC1(C(F)(F)F)CC1)CC2.